The smallest absolute Gasteiger partial charge is 0.142 e. The van der Waals surface area contributed by atoms with Crippen molar-refractivity contribution in [2.75, 3.05) is 12.8 Å². The van der Waals surface area contributed by atoms with Gasteiger partial charge >= 0.3 is 0 Å². The number of anilines is 1. The summed E-state index contributed by atoms with van der Waals surface area (Å²) in [6, 6.07) is 10.2. The molecule has 0 fully saturated rings. The van der Waals surface area contributed by atoms with Crippen LogP contribution in [0.4, 0.5) is 10.1 Å². The molecular formula is C14H13ClFNOS. The Morgan fingerprint density at radius 2 is 2.11 bits per heavy atom. The first-order chi connectivity index (χ1) is 9.11. The Kier molecular flexibility index (Phi) is 4.56. The number of benzene rings is 2. The minimum absolute atomic E-state index is 0.171. The van der Waals surface area contributed by atoms with E-state index in [1.807, 2.05) is 12.1 Å². The summed E-state index contributed by atoms with van der Waals surface area (Å²) in [7, 11) is 1.59. The molecule has 0 saturated heterocycles. The van der Waals surface area contributed by atoms with Gasteiger partial charge in [0.15, 0.2) is 0 Å². The minimum Gasteiger partial charge on any atom is -0.496 e. The molecule has 0 spiro atoms. The highest BCUT2D eigenvalue weighted by Crippen LogP contribution is 2.34. The van der Waals surface area contributed by atoms with Gasteiger partial charge in [-0.15, -0.1) is 11.8 Å². The third-order valence-electron chi connectivity index (χ3n) is 2.60. The van der Waals surface area contributed by atoms with Crippen molar-refractivity contribution >= 4 is 29.1 Å². The van der Waals surface area contributed by atoms with Crippen LogP contribution in [0.5, 0.6) is 5.75 Å². The van der Waals surface area contributed by atoms with Crippen LogP contribution in [0, 0.1) is 5.82 Å². The van der Waals surface area contributed by atoms with Crippen molar-refractivity contribution in [2.45, 2.75) is 10.6 Å². The molecule has 100 valence electrons. The van der Waals surface area contributed by atoms with E-state index in [1.54, 1.807) is 25.3 Å². The van der Waals surface area contributed by atoms with Crippen LogP contribution in [0.2, 0.25) is 5.02 Å². The summed E-state index contributed by atoms with van der Waals surface area (Å²) in [5, 5.41) is 0.171. The fourth-order valence-electron chi connectivity index (χ4n) is 1.62. The Balaban J connectivity index is 2.17. The van der Waals surface area contributed by atoms with Crippen molar-refractivity contribution in [3.63, 3.8) is 0 Å². The fourth-order valence-corrected chi connectivity index (χ4v) is 2.89. The molecule has 0 bridgehead atoms. The van der Waals surface area contributed by atoms with Crippen LogP contribution < -0.4 is 10.5 Å². The predicted molar refractivity (Wildman–Crippen MR) is 78.4 cm³/mol. The molecule has 0 aromatic heterocycles. The van der Waals surface area contributed by atoms with Gasteiger partial charge < -0.3 is 10.5 Å². The normalized spacial score (nSPS) is 10.5. The summed E-state index contributed by atoms with van der Waals surface area (Å²) < 4.78 is 18.6. The number of hydrogen-bond acceptors (Lipinski definition) is 3. The largest absolute Gasteiger partial charge is 0.496 e. The molecule has 0 atom stereocenters. The maximum absolute atomic E-state index is 13.3. The number of nitrogens with two attached hydrogens (primary N) is 1. The maximum atomic E-state index is 13.3. The maximum Gasteiger partial charge on any atom is 0.142 e. The Labute approximate surface area is 120 Å². The first kappa shape index (κ1) is 14.0. The van der Waals surface area contributed by atoms with Crippen molar-refractivity contribution in [1.29, 1.82) is 0 Å². The van der Waals surface area contributed by atoms with Crippen molar-refractivity contribution in [3.05, 3.63) is 52.8 Å². The first-order valence-corrected chi connectivity index (χ1v) is 6.97. The van der Waals surface area contributed by atoms with Crippen LogP contribution in [-0.4, -0.2) is 7.11 Å². The zero-order chi connectivity index (χ0) is 13.8. The van der Waals surface area contributed by atoms with Crippen molar-refractivity contribution in [1.82, 2.24) is 0 Å². The second-order valence-electron chi connectivity index (χ2n) is 3.91. The van der Waals surface area contributed by atoms with Crippen LogP contribution in [0.15, 0.2) is 41.3 Å². The van der Waals surface area contributed by atoms with Crippen molar-refractivity contribution < 1.29 is 9.13 Å². The number of nitrogen functional groups attached to an aromatic ring is 1. The molecule has 2 aromatic carbocycles. The molecule has 0 radical (unpaired) electrons. The summed E-state index contributed by atoms with van der Waals surface area (Å²) in [5.74, 6) is 0.873. The average Bonchev–Trinajstić information content (AvgIpc) is 2.41. The third-order valence-corrected chi connectivity index (χ3v) is 4.13. The number of methoxy groups -OCH3 is 1. The van der Waals surface area contributed by atoms with Crippen LogP contribution in [0.1, 0.15) is 5.56 Å². The summed E-state index contributed by atoms with van der Waals surface area (Å²) in [6.07, 6.45) is 0. The van der Waals surface area contributed by atoms with Gasteiger partial charge in [0.1, 0.15) is 11.6 Å². The third kappa shape index (κ3) is 3.33. The number of ether oxygens (including phenoxy) is 1. The Morgan fingerprint density at radius 3 is 2.84 bits per heavy atom. The van der Waals surface area contributed by atoms with Crippen molar-refractivity contribution in [2.24, 2.45) is 0 Å². The summed E-state index contributed by atoms with van der Waals surface area (Å²) in [6.45, 7) is 0. The van der Waals surface area contributed by atoms with Crippen LogP contribution in [0.25, 0.3) is 0 Å². The van der Waals surface area contributed by atoms with E-state index in [-0.39, 0.29) is 5.02 Å². The molecule has 5 heteroatoms. The zero-order valence-corrected chi connectivity index (χ0v) is 11.9. The van der Waals surface area contributed by atoms with Crippen LogP contribution in [0.3, 0.4) is 0 Å². The van der Waals surface area contributed by atoms with E-state index in [1.165, 1.54) is 17.8 Å². The van der Waals surface area contributed by atoms with Gasteiger partial charge in [0.25, 0.3) is 0 Å². The second kappa shape index (κ2) is 6.17. The second-order valence-corrected chi connectivity index (χ2v) is 5.31. The molecule has 0 heterocycles. The Hall–Kier alpha value is -1.39. The molecule has 0 amide bonds. The van der Waals surface area contributed by atoms with Gasteiger partial charge in [0.05, 0.1) is 12.1 Å². The fraction of sp³-hybridized carbons (Fsp3) is 0.143. The summed E-state index contributed by atoms with van der Waals surface area (Å²) in [4.78, 5) is 0.942. The molecule has 0 unspecified atom stereocenters. The molecule has 19 heavy (non-hydrogen) atoms. The lowest BCUT2D eigenvalue weighted by molar-refractivity contribution is 0.405. The standard InChI is InChI=1S/C14H13ClFNOS/c1-18-12-7-10(17)5-6-13(12)19-8-9-3-2-4-11(16)14(9)15/h2-7H,8,17H2,1H3. The van der Waals surface area contributed by atoms with Crippen LogP contribution in [-0.2, 0) is 5.75 Å². The van der Waals surface area contributed by atoms with E-state index < -0.39 is 5.82 Å². The lowest BCUT2D eigenvalue weighted by Crippen LogP contribution is -1.91. The lowest BCUT2D eigenvalue weighted by Gasteiger charge is -2.09. The first-order valence-electron chi connectivity index (χ1n) is 5.61. The molecule has 0 aliphatic rings. The van der Waals surface area contributed by atoms with E-state index in [9.17, 15) is 4.39 Å². The van der Waals surface area contributed by atoms with E-state index in [2.05, 4.69) is 0 Å². The van der Waals surface area contributed by atoms with Gasteiger partial charge in [-0.25, -0.2) is 4.39 Å². The van der Waals surface area contributed by atoms with Gasteiger partial charge in [-0.2, -0.15) is 0 Å². The molecule has 2 N–H and O–H groups in total. The highest BCUT2D eigenvalue weighted by Gasteiger charge is 2.08. The van der Waals surface area contributed by atoms with Gasteiger partial charge in [-0.05, 0) is 23.8 Å². The van der Waals surface area contributed by atoms with E-state index in [0.717, 1.165) is 10.5 Å². The monoisotopic (exact) mass is 297 g/mol. The number of rotatable bonds is 4. The molecular weight excluding hydrogens is 285 g/mol. The summed E-state index contributed by atoms with van der Waals surface area (Å²) >= 11 is 7.44. The molecule has 2 nitrogen and oxygen atoms in total. The van der Waals surface area contributed by atoms with E-state index >= 15 is 0 Å². The lowest BCUT2D eigenvalue weighted by atomic mass is 10.2. The molecule has 0 saturated carbocycles. The van der Waals surface area contributed by atoms with E-state index in [4.69, 9.17) is 22.1 Å². The number of hydrogen-bond donors (Lipinski definition) is 1. The Morgan fingerprint density at radius 1 is 1.32 bits per heavy atom. The summed E-state index contributed by atoms with van der Waals surface area (Å²) in [5.41, 5.74) is 7.09. The van der Waals surface area contributed by atoms with Gasteiger partial charge in [-0.1, -0.05) is 23.7 Å². The number of thioether (sulfide) groups is 1. The van der Waals surface area contributed by atoms with Gasteiger partial charge in [-0.3, -0.25) is 0 Å². The Bertz CT molecular complexity index is 592. The SMILES string of the molecule is COc1cc(N)ccc1SCc1cccc(F)c1Cl. The zero-order valence-electron chi connectivity index (χ0n) is 10.3. The highest BCUT2D eigenvalue weighted by atomic mass is 35.5. The van der Waals surface area contributed by atoms with E-state index in [0.29, 0.717) is 17.2 Å². The molecule has 2 aromatic rings. The molecule has 0 aliphatic heterocycles. The minimum atomic E-state index is -0.399. The predicted octanol–water partition coefficient (Wildman–Crippen LogP) is 4.36. The van der Waals surface area contributed by atoms with Crippen molar-refractivity contribution in [3.8, 4) is 5.75 Å². The molecule has 2 rings (SSSR count). The quantitative estimate of drug-likeness (QED) is 0.672. The average molecular weight is 298 g/mol. The topological polar surface area (TPSA) is 35.2 Å². The van der Waals surface area contributed by atoms with Gasteiger partial charge in [0.2, 0.25) is 0 Å². The van der Waals surface area contributed by atoms with Crippen LogP contribution >= 0.6 is 23.4 Å². The van der Waals surface area contributed by atoms with Gasteiger partial charge in [0, 0.05) is 22.4 Å². The molecule has 0 aliphatic carbocycles. The highest BCUT2D eigenvalue weighted by molar-refractivity contribution is 7.98. The number of halogens is 2.